The number of aromatic amines is 1. The van der Waals surface area contributed by atoms with Crippen LogP contribution in [0, 0.1) is 47.3 Å². The van der Waals surface area contributed by atoms with Crippen LogP contribution in [-0.4, -0.2) is 86.8 Å². The molecule has 9 rings (SSSR count). The number of hydrogen-bond acceptors (Lipinski definition) is 11. The third-order valence-corrected chi connectivity index (χ3v) is 20.8. The Kier molecular flexibility index (Phi) is 18.8. The topological polar surface area (TPSA) is 208 Å². The normalized spacial score (nSPS) is 31.6. The summed E-state index contributed by atoms with van der Waals surface area (Å²) in [6.07, 6.45) is 21.4. The van der Waals surface area contributed by atoms with Gasteiger partial charge < -0.3 is 56.7 Å². The monoisotopic (exact) mass is 1020 g/mol. The zero-order chi connectivity index (χ0) is 49.4. The van der Waals surface area contributed by atoms with Crippen LogP contribution in [-0.2, 0) is 32.3 Å². The Morgan fingerprint density at radius 2 is 1.72 bits per heavy atom. The van der Waals surface area contributed by atoms with Gasteiger partial charge in [-0.05, 0) is 167 Å². The first-order valence-corrected chi connectivity index (χ1v) is 30.5. The number of aliphatic hydroxyl groups is 3. The zero-order valence-corrected chi connectivity index (χ0v) is 44.5. The molecule has 2 aromatic heterocycles. The van der Waals surface area contributed by atoms with E-state index in [2.05, 4.69) is 28.6 Å². The quantitative estimate of drug-likeness (QED) is 0.0352. The van der Waals surface area contributed by atoms with Crippen molar-refractivity contribution in [2.75, 3.05) is 31.2 Å². The minimum Gasteiger partial charge on any atom is -0.504 e. The molecule has 1 aromatic carbocycles. The van der Waals surface area contributed by atoms with Crippen molar-refractivity contribution in [3.8, 4) is 11.5 Å². The number of furan rings is 1. The van der Waals surface area contributed by atoms with Crippen LogP contribution in [0.4, 0.5) is 0 Å². The number of phenolic OH excluding ortho intramolecular Hbond substituents is 1. The summed E-state index contributed by atoms with van der Waals surface area (Å²) in [5.41, 5.74) is 18.8. The van der Waals surface area contributed by atoms with Crippen LogP contribution in [0.2, 0.25) is 0 Å². The molecule has 11 N–H and O–H groups in total. The highest BCUT2D eigenvalue weighted by atomic mass is 33.1. The maximum absolute atomic E-state index is 11.4. The van der Waals surface area contributed by atoms with E-state index in [1.54, 1.807) is 6.07 Å². The van der Waals surface area contributed by atoms with Gasteiger partial charge in [-0.15, -0.1) is 0 Å². The third-order valence-electron chi connectivity index (χ3n) is 18.3. The van der Waals surface area contributed by atoms with Gasteiger partial charge in [-0.2, -0.15) is 0 Å². The lowest BCUT2D eigenvalue weighted by atomic mass is 9.62. The number of aromatic hydroxyl groups is 1. The number of rotatable bonds is 17. The lowest BCUT2D eigenvalue weighted by molar-refractivity contribution is 0.0716. The van der Waals surface area contributed by atoms with Crippen molar-refractivity contribution < 1.29 is 29.6 Å². The number of aliphatic hydroxyl groups excluding tert-OH is 3. The Balaban J connectivity index is 0.779. The number of aryl methyl sites for hydroxylation is 4. The standard InChI is InChI=1S/C57H88N6O6S2/c1-34-11-18-44-39-23-36(13-19-45(44)48(49(58)26-39)32-70-71-33-52(34)63-57(59)61-41-8-4-3-5-9-41)15-22-55-40(30-64)25-42(69-55)17-12-37-14-21-53(66)56(24-37)68-31-54(67)51-27-46-47(29-60-28-35(2)65)43-10-6-7-38(43)16-20-50(46)62-51/h14,21,24-25,27,34-36,38-39,41,43-45,47-49,52,54,60,62,64-67H,3-13,15-20,22-23,26,28-33,58H2,1-2H3,(H3,59,61,63)/t34-,35-,36-,38+,39+,43-,44-,45+,47-,48+,49+,52+,54-/m0/s1. The van der Waals surface area contributed by atoms with Gasteiger partial charge in [0.15, 0.2) is 17.5 Å². The number of nitrogens with two attached hydrogens (primary N) is 2. The molecule has 0 spiro atoms. The first-order valence-electron chi connectivity index (χ1n) is 28.0. The van der Waals surface area contributed by atoms with Crippen molar-refractivity contribution in [1.82, 2.24) is 15.6 Å². The highest BCUT2D eigenvalue weighted by Gasteiger charge is 2.46. The highest BCUT2D eigenvalue weighted by Crippen LogP contribution is 2.52. The summed E-state index contributed by atoms with van der Waals surface area (Å²) >= 11 is 0. The molecule has 13 atom stereocenters. The maximum atomic E-state index is 11.4. The van der Waals surface area contributed by atoms with Crippen LogP contribution in [0.25, 0.3) is 0 Å². The molecule has 394 valence electrons. The van der Waals surface area contributed by atoms with E-state index in [1.807, 2.05) is 46.7 Å². The maximum Gasteiger partial charge on any atom is 0.189 e. The molecule has 1 saturated heterocycles. The second-order valence-electron chi connectivity index (χ2n) is 23.2. The van der Waals surface area contributed by atoms with E-state index < -0.39 is 12.2 Å². The first-order chi connectivity index (χ1) is 34.5. The van der Waals surface area contributed by atoms with E-state index >= 15 is 0 Å². The molecule has 0 unspecified atom stereocenters. The van der Waals surface area contributed by atoms with Gasteiger partial charge in [-0.3, -0.25) is 0 Å². The zero-order valence-electron chi connectivity index (χ0n) is 42.9. The Hall–Kier alpha value is -2.85. The number of hydrogen-bond donors (Lipinski definition) is 9. The van der Waals surface area contributed by atoms with Crippen molar-refractivity contribution in [1.29, 1.82) is 0 Å². The Labute approximate surface area is 432 Å². The lowest BCUT2D eigenvalue weighted by Gasteiger charge is -2.46. The Morgan fingerprint density at radius 1 is 0.887 bits per heavy atom. The second kappa shape index (κ2) is 25.1. The summed E-state index contributed by atoms with van der Waals surface area (Å²) in [5.74, 6) is 10.2. The number of H-pyrrole nitrogens is 1. The molecule has 14 heteroatoms. The van der Waals surface area contributed by atoms with Crippen molar-refractivity contribution in [3.63, 3.8) is 0 Å². The molecule has 1 aliphatic heterocycles. The van der Waals surface area contributed by atoms with Crippen LogP contribution in [0.15, 0.2) is 39.7 Å². The summed E-state index contributed by atoms with van der Waals surface area (Å²) in [5, 5.41) is 49.7. The lowest BCUT2D eigenvalue weighted by Crippen LogP contribution is -2.47. The average Bonchev–Trinajstić information content (AvgIpc) is 4.08. The van der Waals surface area contributed by atoms with Gasteiger partial charge in [0.2, 0.25) is 0 Å². The summed E-state index contributed by atoms with van der Waals surface area (Å²) in [7, 11) is 4.00. The highest BCUT2D eigenvalue weighted by molar-refractivity contribution is 8.76. The molecule has 3 heterocycles. The van der Waals surface area contributed by atoms with Gasteiger partial charge in [-0.25, -0.2) is 4.99 Å². The van der Waals surface area contributed by atoms with E-state index in [-0.39, 0.29) is 31.0 Å². The second-order valence-corrected chi connectivity index (χ2v) is 25.7. The number of nitrogens with one attached hydrogen (secondary N) is 3. The number of benzene rings is 1. The van der Waals surface area contributed by atoms with Crippen LogP contribution < -0.4 is 26.8 Å². The smallest absolute Gasteiger partial charge is 0.189 e. The van der Waals surface area contributed by atoms with Gasteiger partial charge in [0.25, 0.3) is 0 Å². The van der Waals surface area contributed by atoms with Gasteiger partial charge in [0, 0.05) is 72.4 Å². The number of guanidine groups is 1. The molecule has 0 amide bonds. The number of aromatic nitrogens is 1. The molecule has 5 aliphatic carbocycles. The minimum atomic E-state index is -0.883. The van der Waals surface area contributed by atoms with E-state index in [0.29, 0.717) is 84.5 Å². The predicted molar refractivity (Wildman–Crippen MR) is 289 cm³/mol. The van der Waals surface area contributed by atoms with E-state index in [1.165, 1.54) is 94.7 Å². The number of nitrogens with zero attached hydrogens (tertiary/aromatic N) is 1. The van der Waals surface area contributed by atoms with Crippen LogP contribution in [0.1, 0.15) is 168 Å². The molecule has 12 nitrogen and oxygen atoms in total. The van der Waals surface area contributed by atoms with Crippen molar-refractivity contribution in [2.24, 2.45) is 63.8 Å². The summed E-state index contributed by atoms with van der Waals surface area (Å²) < 4.78 is 12.7. The van der Waals surface area contributed by atoms with Crippen LogP contribution in [0.5, 0.6) is 11.5 Å². The van der Waals surface area contributed by atoms with E-state index in [0.717, 1.165) is 84.4 Å². The summed E-state index contributed by atoms with van der Waals surface area (Å²) in [6.45, 7) is 5.56. The van der Waals surface area contributed by atoms with Crippen molar-refractivity contribution in [3.05, 3.63) is 69.9 Å². The Bertz CT molecular complexity index is 2180. The number of phenols is 1. The fourth-order valence-electron chi connectivity index (χ4n) is 14.4. The van der Waals surface area contributed by atoms with Gasteiger partial charge in [0.1, 0.15) is 24.2 Å². The van der Waals surface area contributed by atoms with E-state index in [9.17, 15) is 20.4 Å². The molecule has 4 bridgehead atoms. The number of fused-ring (bicyclic) bond motifs is 2. The van der Waals surface area contributed by atoms with E-state index in [4.69, 9.17) is 25.6 Å². The minimum absolute atomic E-state index is 0.00689. The molecule has 5 fully saturated rings. The third kappa shape index (κ3) is 13.5. The Morgan fingerprint density at radius 3 is 2.55 bits per heavy atom. The largest absolute Gasteiger partial charge is 0.504 e. The van der Waals surface area contributed by atoms with Gasteiger partial charge >= 0.3 is 0 Å². The number of aliphatic imine (C=N–C) groups is 1. The number of ether oxygens (including phenoxy) is 1. The van der Waals surface area contributed by atoms with Crippen LogP contribution >= 0.6 is 21.6 Å². The SMILES string of the molecule is C[C@H](O)CNC[C@@H]1c2cc([C@@H](O)COc3cc(CCc4cc(CO)c(CC[C@@H]5CC[C@H]6[C@H]7CSSC[C@@H](N=C(N)NC8CCCCC8)[C@@H](C)CC[C@H]6[C@H](C5)C[C@H]7N)o4)ccc3O)[nH]c2CC[C@H]2CCC[C@@H]21. The molecular weight excluding hydrogens is 929 g/mol. The molecule has 0 radical (unpaired) electrons. The van der Waals surface area contributed by atoms with Gasteiger partial charge in [0.05, 0.1) is 18.8 Å². The molecular formula is C57H88N6O6S2. The van der Waals surface area contributed by atoms with Gasteiger partial charge in [-0.1, -0.05) is 73.1 Å². The van der Waals surface area contributed by atoms with Crippen molar-refractivity contribution >= 4 is 27.5 Å². The molecule has 4 saturated carbocycles. The molecule has 71 heavy (non-hydrogen) atoms. The summed E-state index contributed by atoms with van der Waals surface area (Å²) in [6, 6.07) is 10.5. The van der Waals surface area contributed by atoms with Crippen molar-refractivity contribution in [2.45, 2.75) is 185 Å². The molecule has 3 aromatic rings. The molecule has 6 aliphatic rings. The predicted octanol–water partition coefficient (Wildman–Crippen LogP) is 9.47. The first kappa shape index (κ1) is 53.0. The average molecular weight is 1020 g/mol. The summed E-state index contributed by atoms with van der Waals surface area (Å²) in [4.78, 5) is 8.70. The fraction of sp³-hybridized carbons (Fsp3) is 0.737. The van der Waals surface area contributed by atoms with Crippen LogP contribution in [0.3, 0.4) is 0 Å². The fourth-order valence-corrected chi connectivity index (χ4v) is 17.2.